The Hall–Kier alpha value is -1.59. The van der Waals surface area contributed by atoms with Crippen LogP contribution in [0.1, 0.15) is 12.0 Å². The monoisotopic (exact) mass is 349 g/mol. The molecular formula is C18H24ClN3O2. The topological polar surface area (TPSA) is 52.7 Å². The predicted molar refractivity (Wildman–Crippen MR) is 93.8 cm³/mol. The Balaban J connectivity index is 1.39. The van der Waals surface area contributed by atoms with Crippen LogP contribution in [0.5, 0.6) is 0 Å². The molecule has 0 aromatic heterocycles. The largest absolute Gasteiger partial charge is 0.356 e. The average molecular weight is 350 g/mol. The number of nitrogens with zero attached hydrogens (tertiary/aromatic N) is 2. The van der Waals surface area contributed by atoms with Gasteiger partial charge in [0, 0.05) is 37.7 Å². The van der Waals surface area contributed by atoms with Crippen LogP contribution in [-0.2, 0) is 16.0 Å². The third kappa shape index (κ3) is 4.28. The summed E-state index contributed by atoms with van der Waals surface area (Å²) < 4.78 is 0. The van der Waals surface area contributed by atoms with Crippen LogP contribution in [0.15, 0.2) is 24.3 Å². The molecule has 2 fully saturated rings. The number of carbonyl (C=O) groups excluding carboxylic acids is 2. The average Bonchev–Trinajstić information content (AvgIpc) is 3.37. The van der Waals surface area contributed by atoms with Gasteiger partial charge in [-0.1, -0.05) is 23.7 Å². The minimum atomic E-state index is -0.137. The van der Waals surface area contributed by atoms with E-state index < -0.39 is 0 Å². The van der Waals surface area contributed by atoms with Gasteiger partial charge in [0.1, 0.15) is 0 Å². The molecule has 2 amide bonds. The minimum absolute atomic E-state index is 0.0106. The van der Waals surface area contributed by atoms with Gasteiger partial charge >= 0.3 is 0 Å². The summed E-state index contributed by atoms with van der Waals surface area (Å²) in [5.41, 5.74) is 1.14. The van der Waals surface area contributed by atoms with Crippen molar-refractivity contribution in [2.24, 2.45) is 11.8 Å². The molecule has 1 saturated carbocycles. The summed E-state index contributed by atoms with van der Waals surface area (Å²) in [5.74, 6) is -0.0799. The van der Waals surface area contributed by atoms with Gasteiger partial charge in [0.15, 0.2) is 0 Å². The second-order valence-electron chi connectivity index (χ2n) is 6.74. The lowest BCUT2D eigenvalue weighted by Crippen LogP contribution is -2.48. The van der Waals surface area contributed by atoms with Crippen molar-refractivity contribution in [2.45, 2.75) is 12.8 Å². The highest BCUT2D eigenvalue weighted by Gasteiger charge is 2.49. The lowest BCUT2D eigenvalue weighted by Gasteiger charge is -2.32. The smallest absolute Gasteiger partial charge is 0.226 e. The number of piperazine rings is 1. The van der Waals surface area contributed by atoms with Gasteiger partial charge in [-0.15, -0.1) is 0 Å². The van der Waals surface area contributed by atoms with Crippen molar-refractivity contribution in [3.05, 3.63) is 34.9 Å². The van der Waals surface area contributed by atoms with E-state index in [1.54, 1.807) is 0 Å². The fourth-order valence-electron chi connectivity index (χ4n) is 3.13. The van der Waals surface area contributed by atoms with Crippen molar-refractivity contribution in [3.8, 4) is 0 Å². The van der Waals surface area contributed by atoms with Crippen LogP contribution < -0.4 is 5.32 Å². The summed E-state index contributed by atoms with van der Waals surface area (Å²) in [5, 5.41) is 3.67. The highest BCUT2D eigenvalue weighted by Crippen LogP contribution is 2.40. The molecule has 0 spiro atoms. The maximum atomic E-state index is 12.4. The number of amides is 2. The van der Waals surface area contributed by atoms with Crippen molar-refractivity contribution < 1.29 is 9.59 Å². The molecule has 1 saturated heterocycles. The molecule has 0 bridgehead atoms. The third-order valence-corrected chi connectivity index (χ3v) is 5.14. The van der Waals surface area contributed by atoms with Crippen LogP contribution in [0.3, 0.4) is 0 Å². The molecule has 2 atom stereocenters. The third-order valence-electron chi connectivity index (χ3n) is 4.89. The maximum absolute atomic E-state index is 12.4. The Morgan fingerprint density at radius 2 is 1.79 bits per heavy atom. The summed E-state index contributed by atoms with van der Waals surface area (Å²) in [7, 11) is 2.07. The van der Waals surface area contributed by atoms with E-state index >= 15 is 0 Å². The number of halogens is 1. The summed E-state index contributed by atoms with van der Waals surface area (Å²) >= 11 is 5.86. The highest BCUT2D eigenvalue weighted by atomic mass is 35.5. The van der Waals surface area contributed by atoms with Gasteiger partial charge in [0.2, 0.25) is 11.8 Å². The lowest BCUT2D eigenvalue weighted by molar-refractivity contribution is -0.136. The number of likely N-dealkylation sites (N-methyl/N-ethyl adjacent to an activating group) is 1. The first kappa shape index (κ1) is 17.2. The van der Waals surface area contributed by atoms with Crippen molar-refractivity contribution in [2.75, 3.05) is 39.8 Å². The number of hydrogen-bond donors (Lipinski definition) is 1. The molecule has 1 N–H and O–H groups in total. The number of hydrogen-bond acceptors (Lipinski definition) is 3. The fraction of sp³-hybridized carbons (Fsp3) is 0.556. The summed E-state index contributed by atoms with van der Waals surface area (Å²) in [6.45, 7) is 3.96. The molecule has 1 aromatic carbocycles. The zero-order valence-corrected chi connectivity index (χ0v) is 14.8. The minimum Gasteiger partial charge on any atom is -0.356 e. The van der Waals surface area contributed by atoms with E-state index in [-0.39, 0.29) is 23.7 Å². The van der Waals surface area contributed by atoms with E-state index in [0.717, 1.165) is 38.2 Å². The van der Waals surface area contributed by atoms with E-state index in [1.165, 1.54) is 0 Å². The molecule has 130 valence electrons. The van der Waals surface area contributed by atoms with E-state index in [4.69, 9.17) is 11.6 Å². The SMILES string of the molecule is CN1CCN(C(=O)C2CC2C(=O)NCCc2ccc(Cl)cc2)CC1. The van der Waals surface area contributed by atoms with Crippen LogP contribution in [0.2, 0.25) is 5.02 Å². The number of benzene rings is 1. The summed E-state index contributed by atoms with van der Waals surface area (Å²) in [6, 6.07) is 7.63. The molecule has 2 aliphatic rings. The number of rotatable bonds is 5. The molecule has 3 rings (SSSR count). The van der Waals surface area contributed by atoms with Gasteiger partial charge in [-0.2, -0.15) is 0 Å². The number of carbonyl (C=O) groups is 2. The molecule has 6 heteroatoms. The van der Waals surface area contributed by atoms with Crippen LogP contribution in [0.4, 0.5) is 0 Å². The van der Waals surface area contributed by atoms with Gasteiger partial charge in [0.05, 0.1) is 11.8 Å². The summed E-state index contributed by atoms with van der Waals surface area (Å²) in [4.78, 5) is 28.7. The predicted octanol–water partition coefficient (Wildman–Crippen LogP) is 1.41. The Morgan fingerprint density at radius 1 is 1.12 bits per heavy atom. The van der Waals surface area contributed by atoms with Crippen LogP contribution in [0.25, 0.3) is 0 Å². The molecule has 1 aliphatic carbocycles. The number of nitrogens with one attached hydrogen (secondary N) is 1. The van der Waals surface area contributed by atoms with E-state index in [2.05, 4.69) is 17.3 Å². The molecule has 1 aliphatic heterocycles. The molecule has 0 radical (unpaired) electrons. The Bertz CT molecular complexity index is 597. The molecule has 1 heterocycles. The zero-order valence-electron chi connectivity index (χ0n) is 14.0. The first-order valence-electron chi connectivity index (χ1n) is 8.54. The standard InChI is InChI=1S/C18H24ClN3O2/c1-21-8-10-22(11-9-21)18(24)16-12-15(16)17(23)20-7-6-13-2-4-14(19)5-3-13/h2-5,15-16H,6-12H2,1H3,(H,20,23). The normalized spacial score (nSPS) is 23.8. The molecule has 1 aromatic rings. The molecule has 24 heavy (non-hydrogen) atoms. The molecule has 5 nitrogen and oxygen atoms in total. The molecular weight excluding hydrogens is 326 g/mol. The van der Waals surface area contributed by atoms with Crippen molar-refractivity contribution in [3.63, 3.8) is 0 Å². The van der Waals surface area contributed by atoms with E-state index in [0.29, 0.717) is 18.0 Å². The Kier molecular flexibility index (Phi) is 5.41. The lowest BCUT2D eigenvalue weighted by atomic mass is 10.1. The second-order valence-corrected chi connectivity index (χ2v) is 7.18. The first-order valence-corrected chi connectivity index (χ1v) is 8.92. The van der Waals surface area contributed by atoms with E-state index in [9.17, 15) is 9.59 Å². The maximum Gasteiger partial charge on any atom is 0.226 e. The Morgan fingerprint density at radius 3 is 2.46 bits per heavy atom. The van der Waals surface area contributed by atoms with Gasteiger partial charge < -0.3 is 15.1 Å². The van der Waals surface area contributed by atoms with Crippen molar-refractivity contribution >= 4 is 23.4 Å². The highest BCUT2D eigenvalue weighted by molar-refractivity contribution is 6.30. The zero-order chi connectivity index (χ0) is 17.1. The van der Waals surface area contributed by atoms with Gasteiger partial charge in [-0.05, 0) is 37.6 Å². The van der Waals surface area contributed by atoms with Gasteiger partial charge in [0.25, 0.3) is 0 Å². The summed E-state index contributed by atoms with van der Waals surface area (Å²) in [6.07, 6.45) is 1.46. The van der Waals surface area contributed by atoms with Crippen LogP contribution >= 0.6 is 11.6 Å². The fourth-order valence-corrected chi connectivity index (χ4v) is 3.26. The van der Waals surface area contributed by atoms with Crippen molar-refractivity contribution in [1.82, 2.24) is 15.1 Å². The second kappa shape index (κ2) is 7.53. The van der Waals surface area contributed by atoms with Gasteiger partial charge in [-0.25, -0.2) is 0 Å². The quantitative estimate of drug-likeness (QED) is 0.874. The van der Waals surface area contributed by atoms with Crippen LogP contribution in [-0.4, -0.2) is 61.4 Å². The first-order chi connectivity index (χ1) is 11.5. The van der Waals surface area contributed by atoms with Gasteiger partial charge in [-0.3, -0.25) is 9.59 Å². The molecule has 2 unspecified atom stereocenters. The van der Waals surface area contributed by atoms with Crippen LogP contribution in [0, 0.1) is 11.8 Å². The van der Waals surface area contributed by atoms with Crippen molar-refractivity contribution in [1.29, 1.82) is 0 Å². The van der Waals surface area contributed by atoms with E-state index in [1.807, 2.05) is 29.2 Å². The Labute approximate surface area is 147 Å².